The van der Waals surface area contributed by atoms with Crippen LogP contribution in [-0.4, -0.2) is 83.9 Å². The van der Waals surface area contributed by atoms with E-state index in [1.165, 1.54) is 0 Å². The van der Waals surface area contributed by atoms with Gasteiger partial charge >= 0.3 is 0 Å². The molecule has 2 fully saturated rings. The van der Waals surface area contributed by atoms with E-state index in [-0.39, 0.29) is 24.1 Å². The van der Waals surface area contributed by atoms with Gasteiger partial charge in [-0.05, 0) is 23.6 Å². The van der Waals surface area contributed by atoms with E-state index in [0.29, 0.717) is 25.0 Å². The second-order valence-electron chi connectivity index (χ2n) is 7.15. The van der Waals surface area contributed by atoms with E-state index >= 15 is 0 Å². The molecule has 0 radical (unpaired) electrons. The summed E-state index contributed by atoms with van der Waals surface area (Å²) in [6.07, 6.45) is 5.74. The van der Waals surface area contributed by atoms with Crippen LogP contribution >= 0.6 is 0 Å². The van der Waals surface area contributed by atoms with Crippen molar-refractivity contribution < 1.29 is 14.7 Å². The van der Waals surface area contributed by atoms with Crippen LogP contribution in [0.1, 0.15) is 24.3 Å². The van der Waals surface area contributed by atoms with E-state index in [0.717, 1.165) is 44.8 Å². The van der Waals surface area contributed by atoms with E-state index in [1.807, 2.05) is 12.1 Å². The van der Waals surface area contributed by atoms with E-state index in [2.05, 4.69) is 20.1 Å². The number of nitrogens with zero attached hydrogens (tertiary/aromatic N) is 3. The molecule has 2 N–H and O–H groups in total. The van der Waals surface area contributed by atoms with Gasteiger partial charge in [0.05, 0.1) is 12.2 Å². The number of nitrogens with one attached hydrogen (secondary N) is 1. The fourth-order valence-corrected chi connectivity index (χ4v) is 3.70. The number of hydrogen-bond donors (Lipinski definition) is 2. The van der Waals surface area contributed by atoms with E-state index < -0.39 is 0 Å². The molecule has 1 saturated heterocycles. The first-order valence-electron chi connectivity index (χ1n) is 9.63. The highest BCUT2D eigenvalue weighted by atomic mass is 16.3. The Morgan fingerprint density at radius 3 is 2.22 bits per heavy atom. The summed E-state index contributed by atoms with van der Waals surface area (Å²) in [5.74, 6) is -0.211. The number of pyridine rings is 1. The SMILES string of the molecule is O=C1CC(c2ccncc2)CC(=O)C1=CNCCN1CCN(CCO)CC1. The zero-order valence-electron chi connectivity index (χ0n) is 15.6. The molecule has 1 aromatic rings. The van der Waals surface area contributed by atoms with Crippen LogP contribution in [0.5, 0.6) is 0 Å². The van der Waals surface area contributed by atoms with Crippen molar-refractivity contribution in [2.45, 2.75) is 18.8 Å². The number of Topliss-reactive ketones (excluding diaryl/α,β-unsaturated/α-hetero) is 2. The maximum atomic E-state index is 12.4. The Morgan fingerprint density at radius 1 is 1.04 bits per heavy atom. The quantitative estimate of drug-likeness (QED) is 0.401. The van der Waals surface area contributed by atoms with Crippen molar-refractivity contribution in [3.63, 3.8) is 0 Å². The topological polar surface area (TPSA) is 85.8 Å². The van der Waals surface area contributed by atoms with E-state index in [1.54, 1.807) is 18.6 Å². The maximum absolute atomic E-state index is 12.4. The van der Waals surface area contributed by atoms with Crippen molar-refractivity contribution in [1.82, 2.24) is 20.1 Å². The third-order valence-corrected chi connectivity index (χ3v) is 5.34. The Kier molecular flexibility index (Phi) is 7.09. The minimum absolute atomic E-state index is 0.0413. The lowest BCUT2D eigenvalue weighted by atomic mass is 9.80. The van der Waals surface area contributed by atoms with Gasteiger partial charge in [0.15, 0.2) is 11.6 Å². The molecule has 0 aromatic carbocycles. The molecular formula is C20H28N4O3. The van der Waals surface area contributed by atoms with Gasteiger partial charge in [0.25, 0.3) is 0 Å². The molecule has 2 aliphatic rings. The molecule has 0 spiro atoms. The summed E-state index contributed by atoms with van der Waals surface area (Å²) in [5, 5.41) is 12.1. The summed E-state index contributed by atoms with van der Waals surface area (Å²) < 4.78 is 0. The Hall–Kier alpha value is -2.09. The molecule has 0 amide bonds. The van der Waals surface area contributed by atoms with Crippen LogP contribution in [0.2, 0.25) is 0 Å². The number of aliphatic hydroxyl groups is 1. The van der Waals surface area contributed by atoms with Gasteiger partial charge in [0.1, 0.15) is 0 Å². The Balaban J connectivity index is 1.43. The van der Waals surface area contributed by atoms with Gasteiger partial charge in [0.2, 0.25) is 0 Å². The number of aliphatic hydroxyl groups excluding tert-OH is 1. The monoisotopic (exact) mass is 372 g/mol. The molecule has 1 aromatic heterocycles. The molecular weight excluding hydrogens is 344 g/mol. The number of β-amino-alcohol motifs (C(OH)–C–C–N with tert-alkyl or cyclic N) is 1. The largest absolute Gasteiger partial charge is 0.395 e. The smallest absolute Gasteiger partial charge is 0.168 e. The zero-order chi connectivity index (χ0) is 19.1. The molecule has 0 bridgehead atoms. The third-order valence-electron chi connectivity index (χ3n) is 5.34. The van der Waals surface area contributed by atoms with Crippen molar-refractivity contribution in [1.29, 1.82) is 0 Å². The predicted octanol–water partition coefficient (Wildman–Crippen LogP) is 0.181. The number of carbonyl (C=O) groups is 2. The van der Waals surface area contributed by atoms with E-state index in [4.69, 9.17) is 5.11 Å². The van der Waals surface area contributed by atoms with Gasteiger partial charge in [-0.1, -0.05) is 0 Å². The van der Waals surface area contributed by atoms with Crippen LogP contribution in [-0.2, 0) is 9.59 Å². The highest BCUT2D eigenvalue weighted by molar-refractivity contribution is 6.22. The molecule has 27 heavy (non-hydrogen) atoms. The predicted molar refractivity (Wildman–Crippen MR) is 102 cm³/mol. The van der Waals surface area contributed by atoms with Gasteiger partial charge in [-0.2, -0.15) is 0 Å². The molecule has 3 rings (SSSR count). The fourth-order valence-electron chi connectivity index (χ4n) is 3.70. The standard InChI is InChI=1S/C20H28N4O3/c25-12-11-24-9-7-23(8-10-24)6-5-22-15-18-19(26)13-17(14-20(18)27)16-1-3-21-4-2-16/h1-4,15,17,22,25H,5-14H2. The highest BCUT2D eigenvalue weighted by Gasteiger charge is 2.31. The second-order valence-corrected chi connectivity index (χ2v) is 7.15. The van der Waals surface area contributed by atoms with Gasteiger partial charge in [-0.25, -0.2) is 0 Å². The molecule has 7 nitrogen and oxygen atoms in total. The molecule has 7 heteroatoms. The summed E-state index contributed by atoms with van der Waals surface area (Å²) in [6.45, 7) is 6.41. The Labute approximate surface area is 160 Å². The average molecular weight is 372 g/mol. The summed E-state index contributed by atoms with van der Waals surface area (Å²) in [4.78, 5) is 33.4. The third kappa shape index (κ3) is 5.45. The lowest BCUT2D eigenvalue weighted by molar-refractivity contribution is -0.124. The van der Waals surface area contributed by atoms with Crippen molar-refractivity contribution in [2.24, 2.45) is 0 Å². The lowest BCUT2D eigenvalue weighted by Gasteiger charge is -2.34. The molecule has 2 heterocycles. The Morgan fingerprint density at radius 2 is 1.63 bits per heavy atom. The normalized spacial score (nSPS) is 22.1. The molecule has 1 aliphatic heterocycles. The first-order chi connectivity index (χ1) is 13.2. The van der Waals surface area contributed by atoms with Crippen molar-refractivity contribution in [2.75, 3.05) is 52.4 Å². The molecule has 0 atom stereocenters. The van der Waals surface area contributed by atoms with Gasteiger partial charge in [-0.15, -0.1) is 0 Å². The fraction of sp³-hybridized carbons (Fsp3) is 0.550. The number of ketones is 2. The van der Waals surface area contributed by atoms with Crippen molar-refractivity contribution in [3.05, 3.63) is 41.9 Å². The molecule has 146 valence electrons. The second kappa shape index (κ2) is 9.73. The van der Waals surface area contributed by atoms with Crippen LogP contribution in [0.25, 0.3) is 0 Å². The number of carbonyl (C=O) groups excluding carboxylic acids is 2. The minimum atomic E-state index is -0.0850. The van der Waals surface area contributed by atoms with Crippen LogP contribution in [0.3, 0.4) is 0 Å². The maximum Gasteiger partial charge on any atom is 0.168 e. The van der Waals surface area contributed by atoms with Gasteiger partial charge < -0.3 is 10.4 Å². The molecule has 0 unspecified atom stereocenters. The van der Waals surface area contributed by atoms with Gasteiger partial charge in [-0.3, -0.25) is 24.4 Å². The van der Waals surface area contributed by atoms with Gasteiger partial charge in [0, 0.05) is 77.2 Å². The summed E-state index contributed by atoms with van der Waals surface area (Å²) in [7, 11) is 0. The summed E-state index contributed by atoms with van der Waals surface area (Å²) in [5.41, 5.74) is 1.30. The lowest BCUT2D eigenvalue weighted by Crippen LogP contribution is -2.48. The molecule has 1 saturated carbocycles. The summed E-state index contributed by atoms with van der Waals surface area (Å²) >= 11 is 0. The van der Waals surface area contributed by atoms with Crippen LogP contribution in [0, 0.1) is 0 Å². The molecule has 1 aliphatic carbocycles. The number of allylic oxidation sites excluding steroid dienone is 1. The summed E-state index contributed by atoms with van der Waals surface area (Å²) in [6, 6.07) is 3.75. The number of piperazine rings is 1. The van der Waals surface area contributed by atoms with Crippen molar-refractivity contribution in [3.8, 4) is 0 Å². The average Bonchev–Trinajstić information content (AvgIpc) is 2.69. The van der Waals surface area contributed by atoms with Crippen LogP contribution < -0.4 is 5.32 Å². The first-order valence-corrected chi connectivity index (χ1v) is 9.63. The highest BCUT2D eigenvalue weighted by Crippen LogP contribution is 2.30. The Bertz CT molecular complexity index is 649. The minimum Gasteiger partial charge on any atom is -0.395 e. The van der Waals surface area contributed by atoms with E-state index in [9.17, 15) is 9.59 Å². The number of hydrogen-bond acceptors (Lipinski definition) is 7. The zero-order valence-corrected chi connectivity index (χ0v) is 15.6. The number of rotatable bonds is 7. The number of aromatic nitrogens is 1. The van der Waals surface area contributed by atoms with Crippen molar-refractivity contribution >= 4 is 11.6 Å². The first kappa shape index (κ1) is 19.7. The van der Waals surface area contributed by atoms with Crippen LogP contribution in [0.4, 0.5) is 0 Å². The van der Waals surface area contributed by atoms with Crippen LogP contribution in [0.15, 0.2) is 36.3 Å².